The Morgan fingerprint density at radius 3 is 2.10 bits per heavy atom. The Morgan fingerprint density at radius 2 is 1.62 bits per heavy atom. The van der Waals surface area contributed by atoms with E-state index in [1.165, 1.54) is 17.0 Å². The SMILES string of the molecule is O=C(O)N1CCN(C(=O)Cc2ccc([N+](=O)[O-])cc2)CC1. The number of non-ortho nitro benzene ring substituents is 1. The summed E-state index contributed by atoms with van der Waals surface area (Å²) >= 11 is 0. The summed E-state index contributed by atoms with van der Waals surface area (Å²) in [5, 5.41) is 19.4. The van der Waals surface area contributed by atoms with Gasteiger partial charge in [0.05, 0.1) is 11.3 Å². The molecule has 1 aromatic rings. The van der Waals surface area contributed by atoms with E-state index in [4.69, 9.17) is 5.11 Å². The molecule has 8 nitrogen and oxygen atoms in total. The molecule has 8 heteroatoms. The zero-order valence-corrected chi connectivity index (χ0v) is 11.3. The van der Waals surface area contributed by atoms with Gasteiger partial charge in [0.1, 0.15) is 0 Å². The highest BCUT2D eigenvalue weighted by molar-refractivity contribution is 5.79. The molecule has 2 amide bonds. The van der Waals surface area contributed by atoms with Gasteiger partial charge in [-0.25, -0.2) is 4.79 Å². The van der Waals surface area contributed by atoms with E-state index in [1.807, 2.05) is 0 Å². The van der Waals surface area contributed by atoms with Gasteiger partial charge in [0.2, 0.25) is 5.91 Å². The molecule has 1 N–H and O–H groups in total. The van der Waals surface area contributed by atoms with Crippen molar-refractivity contribution in [3.05, 3.63) is 39.9 Å². The molecule has 1 saturated heterocycles. The number of carbonyl (C=O) groups excluding carboxylic acids is 1. The Balaban J connectivity index is 1.90. The highest BCUT2D eigenvalue weighted by Gasteiger charge is 2.23. The fourth-order valence-corrected chi connectivity index (χ4v) is 2.17. The molecule has 1 aliphatic heterocycles. The number of piperazine rings is 1. The minimum Gasteiger partial charge on any atom is -0.465 e. The Labute approximate surface area is 120 Å². The molecule has 0 saturated carbocycles. The minimum absolute atomic E-state index is 0.0127. The zero-order valence-electron chi connectivity index (χ0n) is 11.3. The maximum atomic E-state index is 12.1. The second-order valence-electron chi connectivity index (χ2n) is 4.75. The van der Waals surface area contributed by atoms with Crippen LogP contribution >= 0.6 is 0 Å². The minimum atomic E-state index is -0.975. The second kappa shape index (κ2) is 6.21. The van der Waals surface area contributed by atoms with E-state index in [9.17, 15) is 19.7 Å². The van der Waals surface area contributed by atoms with Gasteiger partial charge < -0.3 is 14.9 Å². The van der Waals surface area contributed by atoms with Gasteiger partial charge in [0.25, 0.3) is 5.69 Å². The molecule has 0 aromatic heterocycles. The van der Waals surface area contributed by atoms with Crippen LogP contribution in [0, 0.1) is 10.1 Å². The lowest BCUT2D eigenvalue weighted by Crippen LogP contribution is -2.50. The Morgan fingerprint density at radius 1 is 1.10 bits per heavy atom. The Kier molecular flexibility index (Phi) is 4.36. The van der Waals surface area contributed by atoms with Gasteiger partial charge in [0.15, 0.2) is 0 Å². The predicted molar refractivity (Wildman–Crippen MR) is 73.0 cm³/mol. The molecule has 0 spiro atoms. The van der Waals surface area contributed by atoms with E-state index in [-0.39, 0.29) is 18.0 Å². The number of nitro groups is 1. The van der Waals surface area contributed by atoms with Crippen molar-refractivity contribution in [2.45, 2.75) is 6.42 Å². The van der Waals surface area contributed by atoms with Crippen LogP contribution in [-0.4, -0.2) is 58.0 Å². The van der Waals surface area contributed by atoms with E-state index >= 15 is 0 Å². The fraction of sp³-hybridized carbons (Fsp3) is 0.385. The van der Waals surface area contributed by atoms with Crippen LogP contribution in [0.2, 0.25) is 0 Å². The molecule has 0 unspecified atom stereocenters. The van der Waals surface area contributed by atoms with Gasteiger partial charge in [-0.1, -0.05) is 12.1 Å². The number of amides is 2. The van der Waals surface area contributed by atoms with Crippen molar-refractivity contribution in [3.8, 4) is 0 Å². The number of nitrogens with zero attached hydrogens (tertiary/aromatic N) is 3. The van der Waals surface area contributed by atoms with Crippen LogP contribution in [0.4, 0.5) is 10.5 Å². The van der Waals surface area contributed by atoms with Crippen LogP contribution in [0.25, 0.3) is 0 Å². The summed E-state index contributed by atoms with van der Waals surface area (Å²) in [6, 6.07) is 5.85. The first-order valence-corrected chi connectivity index (χ1v) is 6.46. The fourth-order valence-electron chi connectivity index (χ4n) is 2.17. The van der Waals surface area contributed by atoms with Crippen LogP contribution in [0.3, 0.4) is 0 Å². The van der Waals surface area contributed by atoms with Crippen LogP contribution in [0.1, 0.15) is 5.56 Å². The van der Waals surface area contributed by atoms with Gasteiger partial charge in [-0.05, 0) is 5.56 Å². The summed E-state index contributed by atoms with van der Waals surface area (Å²) in [5.74, 6) is -0.103. The summed E-state index contributed by atoms with van der Waals surface area (Å²) in [6.07, 6.45) is -0.817. The van der Waals surface area contributed by atoms with Gasteiger partial charge in [-0.2, -0.15) is 0 Å². The molecule has 0 atom stereocenters. The summed E-state index contributed by atoms with van der Waals surface area (Å²) < 4.78 is 0. The van der Waals surface area contributed by atoms with Crippen molar-refractivity contribution < 1.29 is 19.6 Å². The smallest absolute Gasteiger partial charge is 0.407 e. The maximum Gasteiger partial charge on any atom is 0.407 e. The molecular formula is C13H15N3O5. The normalized spacial score (nSPS) is 14.9. The average Bonchev–Trinajstić information content (AvgIpc) is 2.47. The Hall–Kier alpha value is -2.64. The largest absolute Gasteiger partial charge is 0.465 e. The molecule has 0 aliphatic carbocycles. The van der Waals surface area contributed by atoms with E-state index in [0.29, 0.717) is 31.7 Å². The number of rotatable bonds is 3. The highest BCUT2D eigenvalue weighted by Crippen LogP contribution is 2.13. The summed E-state index contributed by atoms with van der Waals surface area (Å²) in [4.78, 5) is 35.8. The van der Waals surface area contributed by atoms with E-state index in [0.717, 1.165) is 0 Å². The first kappa shape index (κ1) is 14.8. The zero-order chi connectivity index (χ0) is 15.4. The third-order valence-electron chi connectivity index (χ3n) is 3.41. The van der Waals surface area contributed by atoms with E-state index < -0.39 is 11.0 Å². The predicted octanol–water partition coefficient (Wildman–Crippen LogP) is 0.960. The first-order chi connectivity index (χ1) is 9.97. The van der Waals surface area contributed by atoms with E-state index in [1.54, 1.807) is 17.0 Å². The van der Waals surface area contributed by atoms with Gasteiger partial charge in [-0.3, -0.25) is 14.9 Å². The molecule has 0 bridgehead atoms. The van der Waals surface area contributed by atoms with Crippen molar-refractivity contribution in [1.82, 2.24) is 9.80 Å². The molecule has 1 heterocycles. The van der Waals surface area contributed by atoms with Gasteiger partial charge in [-0.15, -0.1) is 0 Å². The molecular weight excluding hydrogens is 278 g/mol. The van der Waals surface area contributed by atoms with Crippen molar-refractivity contribution in [2.24, 2.45) is 0 Å². The van der Waals surface area contributed by atoms with Crippen molar-refractivity contribution in [1.29, 1.82) is 0 Å². The lowest BCUT2D eigenvalue weighted by atomic mass is 10.1. The van der Waals surface area contributed by atoms with Crippen LogP contribution < -0.4 is 0 Å². The molecule has 0 radical (unpaired) electrons. The van der Waals surface area contributed by atoms with Crippen molar-refractivity contribution in [3.63, 3.8) is 0 Å². The van der Waals surface area contributed by atoms with Crippen LogP contribution in [0.5, 0.6) is 0 Å². The molecule has 1 aromatic carbocycles. The van der Waals surface area contributed by atoms with Crippen molar-refractivity contribution in [2.75, 3.05) is 26.2 Å². The monoisotopic (exact) mass is 293 g/mol. The number of nitro benzene ring substituents is 1. The first-order valence-electron chi connectivity index (χ1n) is 6.46. The molecule has 1 aliphatic rings. The second-order valence-corrected chi connectivity index (χ2v) is 4.75. The molecule has 112 valence electrons. The summed E-state index contributed by atoms with van der Waals surface area (Å²) in [6.45, 7) is 1.36. The van der Waals surface area contributed by atoms with Gasteiger partial charge in [0, 0.05) is 38.3 Å². The van der Waals surface area contributed by atoms with Crippen molar-refractivity contribution >= 4 is 17.7 Å². The third-order valence-corrected chi connectivity index (χ3v) is 3.41. The highest BCUT2D eigenvalue weighted by atomic mass is 16.6. The van der Waals surface area contributed by atoms with Crippen LogP contribution in [-0.2, 0) is 11.2 Å². The lowest BCUT2D eigenvalue weighted by molar-refractivity contribution is -0.384. The topological polar surface area (TPSA) is 104 Å². The maximum absolute atomic E-state index is 12.1. The number of hydrogen-bond acceptors (Lipinski definition) is 4. The number of carboxylic acid groups (broad SMARTS) is 1. The molecule has 2 rings (SSSR count). The summed E-state index contributed by atoms with van der Waals surface area (Å²) in [7, 11) is 0. The molecule has 21 heavy (non-hydrogen) atoms. The quantitative estimate of drug-likeness (QED) is 0.660. The average molecular weight is 293 g/mol. The van der Waals surface area contributed by atoms with E-state index in [2.05, 4.69) is 0 Å². The van der Waals surface area contributed by atoms with Gasteiger partial charge >= 0.3 is 6.09 Å². The lowest BCUT2D eigenvalue weighted by Gasteiger charge is -2.33. The number of benzene rings is 1. The molecule has 1 fully saturated rings. The van der Waals surface area contributed by atoms with Crippen LogP contribution in [0.15, 0.2) is 24.3 Å². The standard InChI is InChI=1S/C13H15N3O5/c17-12(14-5-7-15(8-6-14)13(18)19)9-10-1-3-11(4-2-10)16(20)21/h1-4H,5-9H2,(H,18,19). The number of carbonyl (C=O) groups is 2. The Bertz CT molecular complexity index is 549. The number of hydrogen-bond donors (Lipinski definition) is 1. The third kappa shape index (κ3) is 3.68. The summed E-state index contributed by atoms with van der Waals surface area (Å²) in [5.41, 5.74) is 0.688.